The topological polar surface area (TPSA) is 63.3 Å². The van der Waals surface area contributed by atoms with Crippen LogP contribution in [0.25, 0.3) is 0 Å². The number of nitrogens with two attached hydrogens (primary N) is 1. The van der Waals surface area contributed by atoms with Gasteiger partial charge in [0.15, 0.2) is 0 Å². The predicted molar refractivity (Wildman–Crippen MR) is 38.7 cm³/mol. The van der Waals surface area contributed by atoms with Crippen LogP contribution in [0, 0.1) is 0 Å². The van der Waals surface area contributed by atoms with Crippen LogP contribution in [-0.2, 0) is 4.79 Å². The first kappa shape index (κ1) is 8.78. The highest BCUT2D eigenvalue weighted by atomic mass is 32.1. The average Bonchev–Trinajstić information content (AvgIpc) is 1.62. The SMILES string of the molecule is CC(C)(N)C(S)C(=O)O. The molecule has 0 saturated carbocycles. The van der Waals surface area contributed by atoms with Gasteiger partial charge in [-0.15, -0.1) is 0 Å². The lowest BCUT2D eigenvalue weighted by Crippen LogP contribution is -2.46. The summed E-state index contributed by atoms with van der Waals surface area (Å²) in [5.74, 6) is -0.981. The fourth-order valence-electron chi connectivity index (χ4n) is 0.318. The van der Waals surface area contributed by atoms with Gasteiger partial charge in [-0.2, -0.15) is 12.6 Å². The number of rotatable bonds is 2. The third-order valence-electron chi connectivity index (χ3n) is 0.939. The quantitative estimate of drug-likeness (QED) is 0.488. The fraction of sp³-hybridized carbons (Fsp3) is 0.800. The molecule has 1 atom stereocenters. The molecule has 0 aliphatic heterocycles. The molecule has 0 fully saturated rings. The van der Waals surface area contributed by atoms with E-state index in [2.05, 4.69) is 12.6 Å². The molecule has 0 aliphatic carbocycles. The van der Waals surface area contributed by atoms with Crippen molar-refractivity contribution in [3.05, 3.63) is 0 Å². The van der Waals surface area contributed by atoms with E-state index in [4.69, 9.17) is 10.8 Å². The Bertz CT molecular complexity index is 119. The van der Waals surface area contributed by atoms with Gasteiger partial charge >= 0.3 is 5.97 Å². The average molecular weight is 149 g/mol. The van der Waals surface area contributed by atoms with Gasteiger partial charge < -0.3 is 10.8 Å². The van der Waals surface area contributed by atoms with Crippen molar-refractivity contribution >= 4 is 18.6 Å². The molecule has 0 heterocycles. The van der Waals surface area contributed by atoms with Crippen LogP contribution in [0.15, 0.2) is 0 Å². The van der Waals surface area contributed by atoms with Crippen LogP contribution < -0.4 is 5.73 Å². The normalized spacial score (nSPS) is 15.1. The molecule has 0 saturated heterocycles. The zero-order valence-electron chi connectivity index (χ0n) is 5.46. The number of hydrogen-bond donors (Lipinski definition) is 3. The van der Waals surface area contributed by atoms with E-state index in [1.165, 1.54) is 0 Å². The summed E-state index contributed by atoms with van der Waals surface area (Å²) < 4.78 is 0. The molecule has 0 radical (unpaired) electrons. The Balaban J connectivity index is 4.04. The van der Waals surface area contributed by atoms with Gasteiger partial charge in [-0.3, -0.25) is 4.79 Å². The van der Waals surface area contributed by atoms with Gasteiger partial charge in [0.05, 0.1) is 0 Å². The third kappa shape index (κ3) is 2.72. The zero-order valence-corrected chi connectivity index (χ0v) is 6.35. The number of carbonyl (C=O) groups is 1. The van der Waals surface area contributed by atoms with E-state index in [0.717, 1.165) is 0 Å². The summed E-state index contributed by atoms with van der Waals surface area (Å²) in [7, 11) is 0. The maximum absolute atomic E-state index is 10.2. The minimum atomic E-state index is -0.981. The summed E-state index contributed by atoms with van der Waals surface area (Å²) in [6.45, 7) is 3.25. The van der Waals surface area contributed by atoms with E-state index in [0.29, 0.717) is 0 Å². The van der Waals surface area contributed by atoms with Gasteiger partial charge in [0.25, 0.3) is 0 Å². The molecule has 0 spiro atoms. The molecule has 4 heteroatoms. The molecule has 54 valence electrons. The highest BCUT2D eigenvalue weighted by Gasteiger charge is 2.27. The fourth-order valence-corrected chi connectivity index (χ4v) is 0.318. The van der Waals surface area contributed by atoms with Crippen molar-refractivity contribution in [3.8, 4) is 0 Å². The van der Waals surface area contributed by atoms with Crippen molar-refractivity contribution in [1.29, 1.82) is 0 Å². The number of carboxylic acid groups (broad SMARTS) is 1. The largest absolute Gasteiger partial charge is 0.480 e. The first-order valence-electron chi connectivity index (χ1n) is 2.55. The molecule has 0 aromatic heterocycles. The summed E-state index contributed by atoms with van der Waals surface area (Å²) >= 11 is 3.78. The molecule has 3 N–H and O–H groups in total. The lowest BCUT2D eigenvalue weighted by atomic mass is 10.0. The van der Waals surface area contributed by atoms with Gasteiger partial charge in [-0.1, -0.05) is 0 Å². The van der Waals surface area contributed by atoms with Gasteiger partial charge in [0, 0.05) is 5.54 Å². The Kier molecular flexibility index (Phi) is 2.51. The van der Waals surface area contributed by atoms with Gasteiger partial charge in [-0.25, -0.2) is 0 Å². The summed E-state index contributed by atoms with van der Waals surface area (Å²) in [6.07, 6.45) is 0. The number of hydrogen-bond acceptors (Lipinski definition) is 3. The second-order valence-electron chi connectivity index (χ2n) is 2.56. The number of carboxylic acids is 1. The van der Waals surface area contributed by atoms with E-state index >= 15 is 0 Å². The van der Waals surface area contributed by atoms with Crippen molar-refractivity contribution < 1.29 is 9.90 Å². The molecule has 0 amide bonds. The van der Waals surface area contributed by atoms with Crippen LogP contribution in [0.5, 0.6) is 0 Å². The molecule has 0 aromatic rings. The Morgan fingerprint density at radius 2 is 2.11 bits per heavy atom. The molecule has 3 nitrogen and oxygen atoms in total. The molecule has 1 unspecified atom stereocenters. The molecular formula is C5H11NO2S. The van der Waals surface area contributed by atoms with Crippen LogP contribution >= 0.6 is 12.6 Å². The van der Waals surface area contributed by atoms with E-state index in [9.17, 15) is 4.79 Å². The zero-order chi connectivity index (χ0) is 7.65. The molecular weight excluding hydrogens is 138 g/mol. The lowest BCUT2D eigenvalue weighted by Gasteiger charge is -2.21. The van der Waals surface area contributed by atoms with E-state index in [1.54, 1.807) is 13.8 Å². The number of aliphatic carboxylic acids is 1. The van der Waals surface area contributed by atoms with Crippen LogP contribution in [0.1, 0.15) is 13.8 Å². The van der Waals surface area contributed by atoms with E-state index < -0.39 is 16.8 Å². The minimum absolute atomic E-state index is 0.755. The highest BCUT2D eigenvalue weighted by molar-refractivity contribution is 7.81. The van der Waals surface area contributed by atoms with Gasteiger partial charge in [-0.05, 0) is 13.8 Å². The van der Waals surface area contributed by atoms with Gasteiger partial charge in [0.1, 0.15) is 5.25 Å². The Labute approximate surface area is 59.6 Å². The van der Waals surface area contributed by atoms with Crippen molar-refractivity contribution in [2.75, 3.05) is 0 Å². The summed E-state index contributed by atoms with van der Waals surface area (Å²) in [6, 6.07) is 0. The van der Waals surface area contributed by atoms with Crippen LogP contribution in [-0.4, -0.2) is 21.9 Å². The first-order chi connectivity index (χ1) is 3.85. The van der Waals surface area contributed by atoms with Crippen molar-refractivity contribution in [3.63, 3.8) is 0 Å². The Hall–Kier alpha value is -0.220. The molecule has 0 bridgehead atoms. The maximum atomic E-state index is 10.2. The predicted octanol–water partition coefficient (Wildman–Crippen LogP) is 0.107. The standard InChI is InChI=1S/C5H11NO2S/c1-5(2,6)3(9)4(7)8/h3,9H,6H2,1-2H3,(H,7,8). The summed E-state index contributed by atoms with van der Waals surface area (Å²) in [5, 5.41) is 7.57. The van der Waals surface area contributed by atoms with Crippen LogP contribution in [0.2, 0.25) is 0 Å². The van der Waals surface area contributed by atoms with Crippen LogP contribution in [0.4, 0.5) is 0 Å². The molecule has 0 aromatic carbocycles. The molecule has 9 heavy (non-hydrogen) atoms. The number of thiol groups is 1. The Morgan fingerprint density at radius 1 is 1.78 bits per heavy atom. The summed E-state index contributed by atoms with van der Waals surface area (Å²) in [5.41, 5.74) is 4.67. The van der Waals surface area contributed by atoms with Crippen molar-refractivity contribution in [2.24, 2.45) is 5.73 Å². The molecule has 0 rings (SSSR count). The van der Waals surface area contributed by atoms with Crippen molar-refractivity contribution in [1.82, 2.24) is 0 Å². The smallest absolute Gasteiger partial charge is 0.318 e. The lowest BCUT2D eigenvalue weighted by molar-refractivity contribution is -0.137. The monoisotopic (exact) mass is 149 g/mol. The van der Waals surface area contributed by atoms with E-state index in [-0.39, 0.29) is 0 Å². The minimum Gasteiger partial charge on any atom is -0.480 e. The van der Waals surface area contributed by atoms with Gasteiger partial charge in [0.2, 0.25) is 0 Å². The molecule has 0 aliphatic rings. The summed E-state index contributed by atoms with van der Waals surface area (Å²) in [4.78, 5) is 10.2. The Morgan fingerprint density at radius 3 is 2.11 bits per heavy atom. The maximum Gasteiger partial charge on any atom is 0.318 e. The highest BCUT2D eigenvalue weighted by Crippen LogP contribution is 2.10. The second kappa shape index (κ2) is 2.58. The van der Waals surface area contributed by atoms with E-state index in [1.807, 2.05) is 0 Å². The third-order valence-corrected chi connectivity index (χ3v) is 1.83. The van der Waals surface area contributed by atoms with Crippen molar-refractivity contribution in [2.45, 2.75) is 24.6 Å². The van der Waals surface area contributed by atoms with Crippen LogP contribution in [0.3, 0.4) is 0 Å². The second-order valence-corrected chi connectivity index (χ2v) is 3.08. The first-order valence-corrected chi connectivity index (χ1v) is 3.07.